The van der Waals surface area contributed by atoms with Gasteiger partial charge in [-0.05, 0) is 36.5 Å². The Hall–Kier alpha value is -1.22. The van der Waals surface area contributed by atoms with Crippen molar-refractivity contribution in [2.75, 3.05) is 13.2 Å². The van der Waals surface area contributed by atoms with E-state index in [1.165, 1.54) is 44.1 Å². The van der Waals surface area contributed by atoms with Crippen molar-refractivity contribution in [1.29, 1.82) is 0 Å². The molecule has 0 radical (unpaired) electrons. The van der Waals surface area contributed by atoms with Gasteiger partial charge in [0, 0.05) is 12.0 Å². The topological polar surface area (TPSA) is 44.5 Å². The highest BCUT2D eigenvalue weighted by molar-refractivity contribution is 5.44. The molecule has 116 valence electrons. The molecule has 1 heterocycles. The number of hydrogen-bond acceptors (Lipinski definition) is 3. The Morgan fingerprint density at radius 2 is 1.67 bits per heavy atom. The molecule has 21 heavy (non-hydrogen) atoms. The Labute approximate surface area is 127 Å². The molecule has 2 N–H and O–H groups in total. The van der Waals surface area contributed by atoms with Crippen LogP contribution in [0.25, 0.3) is 0 Å². The number of nitrogens with two attached hydrogens (primary N) is 1. The fourth-order valence-electron chi connectivity index (χ4n) is 3.42. The third-order valence-electron chi connectivity index (χ3n) is 4.81. The molecule has 1 aliphatic carbocycles. The molecule has 0 aromatic heterocycles. The van der Waals surface area contributed by atoms with E-state index in [2.05, 4.69) is 19.1 Å². The molecule has 2 atom stereocenters. The normalized spacial score (nSPS) is 25.0. The third-order valence-corrected chi connectivity index (χ3v) is 4.81. The Morgan fingerprint density at radius 1 is 1.00 bits per heavy atom. The highest BCUT2D eigenvalue weighted by Crippen LogP contribution is 2.37. The first-order valence-corrected chi connectivity index (χ1v) is 8.39. The number of fused-ring (bicyclic) bond motifs is 1. The molecular formula is C18H27NO2. The lowest BCUT2D eigenvalue weighted by Gasteiger charge is -2.23. The van der Waals surface area contributed by atoms with Gasteiger partial charge in [0.25, 0.3) is 0 Å². The average Bonchev–Trinajstić information content (AvgIpc) is 2.88. The molecular weight excluding hydrogens is 262 g/mol. The molecule has 0 saturated heterocycles. The minimum absolute atomic E-state index is 0.123. The summed E-state index contributed by atoms with van der Waals surface area (Å²) in [6.07, 6.45) is 7.88. The summed E-state index contributed by atoms with van der Waals surface area (Å²) in [6.45, 7) is 3.58. The van der Waals surface area contributed by atoms with Gasteiger partial charge in [-0.2, -0.15) is 0 Å². The number of benzene rings is 1. The van der Waals surface area contributed by atoms with Gasteiger partial charge in [-0.3, -0.25) is 0 Å². The molecule has 1 saturated carbocycles. The van der Waals surface area contributed by atoms with Gasteiger partial charge in [-0.15, -0.1) is 0 Å². The summed E-state index contributed by atoms with van der Waals surface area (Å²) >= 11 is 0. The molecule has 0 bridgehead atoms. The maximum atomic E-state index is 6.54. The third kappa shape index (κ3) is 3.52. The quantitative estimate of drug-likeness (QED) is 0.835. The lowest BCUT2D eigenvalue weighted by molar-refractivity contribution is 0.228. The fraction of sp³-hybridized carbons (Fsp3) is 0.667. The van der Waals surface area contributed by atoms with Crippen LogP contribution < -0.4 is 15.2 Å². The summed E-state index contributed by atoms with van der Waals surface area (Å²) in [5.41, 5.74) is 7.74. The van der Waals surface area contributed by atoms with Crippen LogP contribution in [0.4, 0.5) is 0 Å². The lowest BCUT2D eigenvalue weighted by Crippen LogP contribution is -2.21. The second-order valence-electron chi connectivity index (χ2n) is 6.71. The van der Waals surface area contributed by atoms with Crippen LogP contribution in [0.5, 0.6) is 11.5 Å². The molecule has 2 unspecified atom stereocenters. The van der Waals surface area contributed by atoms with Crippen LogP contribution in [0.1, 0.15) is 57.1 Å². The predicted molar refractivity (Wildman–Crippen MR) is 84.7 cm³/mol. The van der Waals surface area contributed by atoms with Crippen LogP contribution in [0, 0.1) is 11.8 Å². The van der Waals surface area contributed by atoms with Crippen LogP contribution >= 0.6 is 0 Å². The SMILES string of the molecule is CC1COc2ccc(C(N)C3CCCCCC3)cc2OC1. The van der Waals surface area contributed by atoms with Crippen molar-refractivity contribution in [3.63, 3.8) is 0 Å². The van der Waals surface area contributed by atoms with Gasteiger partial charge in [0.05, 0.1) is 13.2 Å². The minimum Gasteiger partial charge on any atom is -0.489 e. The first kappa shape index (κ1) is 14.7. The van der Waals surface area contributed by atoms with Crippen molar-refractivity contribution in [1.82, 2.24) is 0 Å². The Bertz CT molecular complexity index is 466. The van der Waals surface area contributed by atoms with Gasteiger partial charge in [0.2, 0.25) is 0 Å². The van der Waals surface area contributed by atoms with Crippen LogP contribution in [0.3, 0.4) is 0 Å². The van der Waals surface area contributed by atoms with Crippen LogP contribution in [-0.4, -0.2) is 13.2 Å². The second kappa shape index (κ2) is 6.69. The second-order valence-corrected chi connectivity index (χ2v) is 6.71. The minimum atomic E-state index is 0.123. The zero-order valence-electron chi connectivity index (χ0n) is 13.0. The van der Waals surface area contributed by atoms with E-state index in [1.54, 1.807) is 0 Å². The molecule has 1 fully saturated rings. The Balaban J connectivity index is 1.76. The summed E-state index contributed by atoms with van der Waals surface area (Å²) in [5, 5.41) is 0. The van der Waals surface area contributed by atoms with Crippen molar-refractivity contribution < 1.29 is 9.47 Å². The van der Waals surface area contributed by atoms with E-state index < -0.39 is 0 Å². The average molecular weight is 289 g/mol. The van der Waals surface area contributed by atoms with Gasteiger partial charge < -0.3 is 15.2 Å². The summed E-state index contributed by atoms with van der Waals surface area (Å²) in [7, 11) is 0. The monoisotopic (exact) mass is 289 g/mol. The van der Waals surface area contributed by atoms with E-state index in [-0.39, 0.29) is 6.04 Å². The molecule has 2 aliphatic rings. The van der Waals surface area contributed by atoms with Gasteiger partial charge in [-0.25, -0.2) is 0 Å². The van der Waals surface area contributed by atoms with E-state index in [1.807, 2.05) is 6.07 Å². The summed E-state index contributed by atoms with van der Waals surface area (Å²) < 4.78 is 11.7. The van der Waals surface area contributed by atoms with Crippen LogP contribution in [0.15, 0.2) is 18.2 Å². The van der Waals surface area contributed by atoms with Gasteiger partial charge >= 0.3 is 0 Å². The molecule has 0 amide bonds. The van der Waals surface area contributed by atoms with Gasteiger partial charge in [0.1, 0.15) is 0 Å². The first-order valence-electron chi connectivity index (χ1n) is 8.39. The largest absolute Gasteiger partial charge is 0.489 e. The summed E-state index contributed by atoms with van der Waals surface area (Å²) in [4.78, 5) is 0. The molecule has 3 nitrogen and oxygen atoms in total. The zero-order chi connectivity index (χ0) is 14.7. The highest BCUT2D eigenvalue weighted by atomic mass is 16.5. The molecule has 3 heteroatoms. The van der Waals surface area contributed by atoms with E-state index >= 15 is 0 Å². The predicted octanol–water partition coefficient (Wildman–Crippen LogP) is 4.06. The molecule has 1 aromatic rings. The van der Waals surface area contributed by atoms with Crippen molar-refractivity contribution >= 4 is 0 Å². The molecule has 3 rings (SSSR count). The maximum Gasteiger partial charge on any atom is 0.161 e. The van der Waals surface area contributed by atoms with E-state index in [0.29, 0.717) is 11.8 Å². The first-order chi connectivity index (χ1) is 10.2. The van der Waals surface area contributed by atoms with Crippen LogP contribution in [-0.2, 0) is 0 Å². The lowest BCUT2D eigenvalue weighted by atomic mass is 9.88. The Morgan fingerprint density at radius 3 is 2.38 bits per heavy atom. The highest BCUT2D eigenvalue weighted by Gasteiger charge is 2.23. The number of hydrogen-bond donors (Lipinski definition) is 1. The van der Waals surface area contributed by atoms with Gasteiger partial charge in [-0.1, -0.05) is 38.7 Å². The van der Waals surface area contributed by atoms with E-state index in [9.17, 15) is 0 Å². The van der Waals surface area contributed by atoms with Crippen molar-refractivity contribution in [2.24, 2.45) is 17.6 Å². The standard InChI is InChI=1S/C18H27NO2/c1-13-11-20-16-9-8-15(10-17(16)21-12-13)18(19)14-6-4-2-3-5-7-14/h8-10,13-14,18H,2-7,11-12,19H2,1H3. The molecule has 1 aliphatic heterocycles. The summed E-state index contributed by atoms with van der Waals surface area (Å²) in [5.74, 6) is 2.75. The Kier molecular flexibility index (Phi) is 4.69. The maximum absolute atomic E-state index is 6.54. The van der Waals surface area contributed by atoms with E-state index in [4.69, 9.17) is 15.2 Å². The zero-order valence-corrected chi connectivity index (χ0v) is 13.0. The van der Waals surface area contributed by atoms with Crippen molar-refractivity contribution in [2.45, 2.75) is 51.5 Å². The smallest absolute Gasteiger partial charge is 0.161 e. The number of ether oxygens (including phenoxy) is 2. The van der Waals surface area contributed by atoms with Gasteiger partial charge in [0.15, 0.2) is 11.5 Å². The number of rotatable bonds is 2. The van der Waals surface area contributed by atoms with E-state index in [0.717, 1.165) is 24.7 Å². The van der Waals surface area contributed by atoms with Crippen molar-refractivity contribution in [3.05, 3.63) is 23.8 Å². The summed E-state index contributed by atoms with van der Waals surface area (Å²) in [6, 6.07) is 6.37. The van der Waals surface area contributed by atoms with Crippen molar-refractivity contribution in [3.8, 4) is 11.5 Å². The fourth-order valence-corrected chi connectivity index (χ4v) is 3.42. The molecule has 0 spiro atoms. The van der Waals surface area contributed by atoms with Crippen LogP contribution in [0.2, 0.25) is 0 Å². The molecule has 1 aromatic carbocycles.